The van der Waals surface area contributed by atoms with Gasteiger partial charge in [-0.1, -0.05) is 32.0 Å². The fourth-order valence-corrected chi connectivity index (χ4v) is 4.64. The molecule has 1 unspecified atom stereocenters. The van der Waals surface area contributed by atoms with Crippen LogP contribution >= 0.6 is 0 Å². The van der Waals surface area contributed by atoms with Crippen LogP contribution in [0.1, 0.15) is 53.5 Å². The fraction of sp³-hybridized carbons (Fsp3) is 0.269. The van der Waals surface area contributed by atoms with Gasteiger partial charge in [0.2, 0.25) is 0 Å². The largest absolute Gasteiger partial charge is 0.345 e. The number of amides is 1. The van der Waals surface area contributed by atoms with Crippen molar-refractivity contribution in [2.75, 3.05) is 0 Å². The number of hydrogen-bond donors (Lipinski definition) is 1. The van der Waals surface area contributed by atoms with Crippen LogP contribution in [-0.2, 0) is 13.0 Å². The molecule has 0 bridgehead atoms. The predicted molar refractivity (Wildman–Crippen MR) is 124 cm³/mol. The van der Waals surface area contributed by atoms with E-state index in [1.54, 1.807) is 23.1 Å². The molecule has 1 atom stereocenters. The molecule has 1 aliphatic carbocycles. The second kappa shape index (κ2) is 8.31. The maximum Gasteiger partial charge on any atom is 0.251 e. The molecule has 2 aromatic carbocycles. The number of halogens is 1. The van der Waals surface area contributed by atoms with Gasteiger partial charge in [0.05, 0.1) is 30.2 Å². The van der Waals surface area contributed by atoms with E-state index < -0.39 is 0 Å². The van der Waals surface area contributed by atoms with Gasteiger partial charge in [-0.05, 0) is 60.2 Å². The zero-order valence-electron chi connectivity index (χ0n) is 18.7. The summed E-state index contributed by atoms with van der Waals surface area (Å²) in [7, 11) is 0. The van der Waals surface area contributed by atoms with E-state index in [4.69, 9.17) is 0 Å². The van der Waals surface area contributed by atoms with Crippen LogP contribution in [-0.4, -0.2) is 25.5 Å². The molecule has 0 fully saturated rings. The second-order valence-corrected chi connectivity index (χ2v) is 9.41. The van der Waals surface area contributed by atoms with E-state index in [0.29, 0.717) is 17.8 Å². The first kappa shape index (κ1) is 21.1. The quantitative estimate of drug-likeness (QED) is 0.486. The van der Waals surface area contributed by atoms with Gasteiger partial charge in [-0.2, -0.15) is 10.2 Å². The zero-order valence-corrected chi connectivity index (χ0v) is 18.7. The Balaban J connectivity index is 1.41. The summed E-state index contributed by atoms with van der Waals surface area (Å²) < 4.78 is 17.4. The number of carbonyl (C=O) groups is 1. The third-order valence-electron chi connectivity index (χ3n) is 6.13. The highest BCUT2D eigenvalue weighted by Gasteiger charge is 2.36. The molecule has 1 aliphatic rings. The maximum atomic E-state index is 13.8. The molecule has 6 nitrogen and oxygen atoms in total. The van der Waals surface area contributed by atoms with Gasteiger partial charge in [0.1, 0.15) is 5.82 Å². The monoisotopic (exact) mass is 443 g/mol. The van der Waals surface area contributed by atoms with Crippen molar-refractivity contribution in [3.63, 3.8) is 0 Å². The van der Waals surface area contributed by atoms with Gasteiger partial charge in [0, 0.05) is 23.5 Å². The first-order chi connectivity index (χ1) is 15.9. The smallest absolute Gasteiger partial charge is 0.251 e. The van der Waals surface area contributed by atoms with Gasteiger partial charge >= 0.3 is 0 Å². The van der Waals surface area contributed by atoms with Gasteiger partial charge in [0.25, 0.3) is 5.91 Å². The van der Waals surface area contributed by atoms with Crippen LogP contribution < -0.4 is 5.32 Å². The Morgan fingerprint density at radius 2 is 2.00 bits per heavy atom. The lowest BCUT2D eigenvalue weighted by atomic mass is 9.74. The van der Waals surface area contributed by atoms with Crippen molar-refractivity contribution < 1.29 is 9.18 Å². The summed E-state index contributed by atoms with van der Waals surface area (Å²) >= 11 is 0. The molecule has 168 valence electrons. The SMILES string of the molecule is CC1(C)Cc2c(cnn2-c2cccc(F)c2)C(NC(=O)c2cccc(Cn3cccn3)c2)C1. The van der Waals surface area contributed by atoms with Crippen molar-refractivity contribution in [1.82, 2.24) is 24.9 Å². The first-order valence-electron chi connectivity index (χ1n) is 11.1. The number of rotatable bonds is 5. The van der Waals surface area contributed by atoms with Crippen LogP contribution in [0.15, 0.2) is 73.2 Å². The summed E-state index contributed by atoms with van der Waals surface area (Å²) in [6, 6.07) is 15.8. The van der Waals surface area contributed by atoms with Crippen molar-refractivity contribution in [1.29, 1.82) is 0 Å². The number of fused-ring (bicyclic) bond motifs is 1. The molecule has 0 spiro atoms. The molecular formula is C26H26FN5O. The highest BCUT2D eigenvalue weighted by Crippen LogP contribution is 2.41. The average molecular weight is 444 g/mol. The minimum absolute atomic E-state index is 0.0437. The summed E-state index contributed by atoms with van der Waals surface area (Å²) in [5.74, 6) is -0.420. The average Bonchev–Trinajstić information content (AvgIpc) is 3.43. The van der Waals surface area contributed by atoms with Crippen LogP contribution in [0.3, 0.4) is 0 Å². The maximum absolute atomic E-state index is 13.8. The van der Waals surface area contributed by atoms with Crippen LogP contribution in [0.5, 0.6) is 0 Å². The molecule has 4 aromatic rings. The lowest BCUT2D eigenvalue weighted by Gasteiger charge is -2.36. The van der Waals surface area contributed by atoms with E-state index in [2.05, 4.69) is 29.4 Å². The highest BCUT2D eigenvalue weighted by atomic mass is 19.1. The Hall–Kier alpha value is -3.74. The third-order valence-corrected chi connectivity index (χ3v) is 6.13. The van der Waals surface area contributed by atoms with E-state index in [-0.39, 0.29) is 23.2 Å². The molecule has 0 saturated heterocycles. The molecule has 0 saturated carbocycles. The summed E-state index contributed by atoms with van der Waals surface area (Å²) in [6.07, 6.45) is 7.03. The van der Waals surface area contributed by atoms with Crippen LogP contribution in [0.2, 0.25) is 0 Å². The van der Waals surface area contributed by atoms with Gasteiger partial charge in [0.15, 0.2) is 0 Å². The molecule has 2 heterocycles. The summed E-state index contributed by atoms with van der Waals surface area (Å²) in [4.78, 5) is 13.2. The second-order valence-electron chi connectivity index (χ2n) is 9.41. The molecule has 5 rings (SSSR count). The van der Waals surface area contributed by atoms with E-state index in [1.807, 2.05) is 47.3 Å². The third kappa shape index (κ3) is 4.44. The van der Waals surface area contributed by atoms with Crippen molar-refractivity contribution in [2.45, 2.75) is 39.3 Å². The molecular weight excluding hydrogens is 417 g/mol. The lowest BCUT2D eigenvalue weighted by molar-refractivity contribution is 0.0919. The number of carbonyl (C=O) groups excluding carboxylic acids is 1. The molecule has 33 heavy (non-hydrogen) atoms. The standard InChI is InChI=1S/C26H26FN5O/c1-26(2)14-23(22-16-29-32(24(22)15-26)21-9-4-8-20(27)13-21)30-25(33)19-7-3-6-18(12-19)17-31-11-5-10-28-31/h3-13,16,23H,14-15,17H2,1-2H3,(H,30,33). The topological polar surface area (TPSA) is 64.7 Å². The Labute approximate surface area is 192 Å². The Morgan fingerprint density at radius 3 is 2.79 bits per heavy atom. The van der Waals surface area contributed by atoms with Gasteiger partial charge in [-0.15, -0.1) is 0 Å². The van der Waals surface area contributed by atoms with Gasteiger partial charge in [-0.25, -0.2) is 9.07 Å². The van der Waals surface area contributed by atoms with E-state index >= 15 is 0 Å². The molecule has 0 aliphatic heterocycles. The fourth-order valence-electron chi connectivity index (χ4n) is 4.64. The molecule has 2 aromatic heterocycles. The van der Waals surface area contributed by atoms with Crippen LogP contribution in [0.25, 0.3) is 5.69 Å². The van der Waals surface area contributed by atoms with Crippen molar-refractivity contribution >= 4 is 5.91 Å². The number of hydrogen-bond acceptors (Lipinski definition) is 3. The predicted octanol–water partition coefficient (Wildman–Crippen LogP) is 4.70. The minimum Gasteiger partial charge on any atom is -0.345 e. The van der Waals surface area contributed by atoms with E-state index in [1.165, 1.54) is 12.1 Å². The number of nitrogens with one attached hydrogen (secondary N) is 1. The summed E-state index contributed by atoms with van der Waals surface area (Å²) in [5, 5.41) is 12.0. The minimum atomic E-state index is -0.299. The van der Waals surface area contributed by atoms with Gasteiger partial charge < -0.3 is 5.32 Å². The Bertz CT molecular complexity index is 1290. The van der Waals surface area contributed by atoms with E-state index in [0.717, 1.165) is 29.7 Å². The van der Waals surface area contributed by atoms with Crippen LogP contribution in [0.4, 0.5) is 4.39 Å². The molecule has 7 heteroatoms. The molecule has 0 radical (unpaired) electrons. The Morgan fingerprint density at radius 1 is 1.15 bits per heavy atom. The van der Waals surface area contributed by atoms with Crippen molar-refractivity contribution in [2.24, 2.45) is 5.41 Å². The first-order valence-corrected chi connectivity index (χ1v) is 11.1. The highest BCUT2D eigenvalue weighted by molar-refractivity contribution is 5.94. The van der Waals surface area contributed by atoms with Gasteiger partial charge in [-0.3, -0.25) is 9.48 Å². The number of benzene rings is 2. The zero-order chi connectivity index (χ0) is 23.0. The number of nitrogens with zero attached hydrogens (tertiary/aromatic N) is 4. The van der Waals surface area contributed by atoms with Crippen LogP contribution in [0, 0.1) is 11.2 Å². The van der Waals surface area contributed by atoms with Crippen molar-refractivity contribution in [3.05, 3.63) is 101 Å². The summed E-state index contributed by atoms with van der Waals surface area (Å²) in [6.45, 7) is 4.97. The molecule has 1 amide bonds. The lowest BCUT2D eigenvalue weighted by Crippen LogP contribution is -2.36. The Kier molecular flexibility index (Phi) is 5.32. The normalized spacial score (nSPS) is 16.9. The summed E-state index contributed by atoms with van der Waals surface area (Å²) in [5.41, 5.74) is 4.26. The molecule has 1 N–H and O–H groups in total. The number of aromatic nitrogens is 4. The van der Waals surface area contributed by atoms with E-state index in [9.17, 15) is 9.18 Å². The van der Waals surface area contributed by atoms with Crippen molar-refractivity contribution in [3.8, 4) is 5.69 Å².